The minimum atomic E-state index is -1.22. The van der Waals surface area contributed by atoms with Gasteiger partial charge in [0.1, 0.15) is 46.0 Å². The monoisotopic (exact) mass is 748 g/mol. The summed E-state index contributed by atoms with van der Waals surface area (Å²) in [5, 5.41) is 0. The van der Waals surface area contributed by atoms with Crippen LogP contribution in [0.3, 0.4) is 0 Å². The van der Waals surface area contributed by atoms with Gasteiger partial charge in [-0.3, -0.25) is 30.0 Å². The second kappa shape index (κ2) is 14.2. The van der Waals surface area contributed by atoms with E-state index < -0.39 is 69.2 Å². The molecule has 20 heteroatoms. The van der Waals surface area contributed by atoms with Gasteiger partial charge in [-0.15, -0.1) is 0 Å². The highest BCUT2D eigenvalue weighted by Gasteiger charge is 2.29. The summed E-state index contributed by atoms with van der Waals surface area (Å²) >= 11 is 0. The highest BCUT2D eigenvalue weighted by molar-refractivity contribution is 6.05. The number of hydrazine groups is 2. The molecule has 0 spiro atoms. The number of primary amides is 2. The molecule has 0 saturated carbocycles. The first kappa shape index (κ1) is 36.7. The number of carbonyl (C=O) groups is 4. The average molecular weight is 749 g/mol. The number of fused-ring (bicyclic) bond motifs is 2. The van der Waals surface area contributed by atoms with Crippen LogP contribution in [0.15, 0.2) is 48.5 Å². The number of halogens is 4. The third-order valence-electron chi connectivity index (χ3n) is 8.54. The number of rotatable bonds is 11. The van der Waals surface area contributed by atoms with E-state index >= 15 is 8.78 Å². The summed E-state index contributed by atoms with van der Waals surface area (Å²) in [7, 11) is 2.46. The predicted octanol–water partition coefficient (Wildman–Crippen LogP) is 2.40. The minimum absolute atomic E-state index is 0.0263. The minimum Gasteiger partial charge on any atom is -0.494 e. The van der Waals surface area contributed by atoms with Gasteiger partial charge in [0.25, 0.3) is 23.6 Å². The molecule has 6 aromatic rings. The van der Waals surface area contributed by atoms with Crippen LogP contribution in [0.5, 0.6) is 11.5 Å². The maximum absolute atomic E-state index is 15.8. The number of nitrogens with zero attached hydrogens (tertiary/aromatic N) is 4. The van der Waals surface area contributed by atoms with Crippen LogP contribution in [0.25, 0.3) is 44.8 Å². The first-order chi connectivity index (χ1) is 25.8. The molecule has 0 atom stereocenters. The van der Waals surface area contributed by atoms with Gasteiger partial charge in [-0.2, -0.15) is 0 Å². The normalized spacial score (nSPS) is 11.2. The van der Waals surface area contributed by atoms with Crippen LogP contribution in [0, 0.1) is 23.3 Å². The first-order valence-corrected chi connectivity index (χ1v) is 15.5. The predicted molar refractivity (Wildman–Crippen MR) is 184 cm³/mol. The molecule has 4 amide bonds. The molecule has 0 radical (unpaired) electrons. The van der Waals surface area contributed by atoms with Gasteiger partial charge < -0.3 is 30.1 Å². The molecular weight excluding hydrogens is 720 g/mol. The lowest BCUT2D eigenvalue weighted by atomic mass is 10.0. The number of methoxy groups -OCH3 is 2. The SMILES string of the molecule is COc1c(C(N)=O)ccc2c1nc(-c1c(F)cc(F)cc1C(=O)NN)n2CCn1c(-c2c(F)cc(F)cc2C(=O)NN)nc2c(OC)c(C(N)=O)ccc21. The molecule has 2 aromatic heterocycles. The number of aromatic nitrogens is 4. The number of amides is 4. The van der Waals surface area contributed by atoms with Gasteiger partial charge in [0.05, 0.1) is 58.6 Å². The molecule has 16 nitrogen and oxygen atoms in total. The van der Waals surface area contributed by atoms with E-state index in [2.05, 4.69) is 9.97 Å². The van der Waals surface area contributed by atoms with Crippen molar-refractivity contribution in [2.75, 3.05) is 14.2 Å². The van der Waals surface area contributed by atoms with Crippen LogP contribution in [-0.4, -0.2) is 57.0 Å². The lowest BCUT2D eigenvalue weighted by Gasteiger charge is -2.16. The van der Waals surface area contributed by atoms with E-state index in [4.69, 9.17) is 32.6 Å². The van der Waals surface area contributed by atoms with Gasteiger partial charge in [0, 0.05) is 25.2 Å². The average Bonchev–Trinajstić information content (AvgIpc) is 3.69. The van der Waals surface area contributed by atoms with Crippen molar-refractivity contribution < 1.29 is 46.2 Å². The number of carbonyl (C=O) groups excluding carboxylic acids is 4. The molecule has 278 valence electrons. The van der Waals surface area contributed by atoms with Gasteiger partial charge in [0.15, 0.2) is 11.5 Å². The zero-order valence-electron chi connectivity index (χ0n) is 28.1. The molecule has 0 saturated heterocycles. The summed E-state index contributed by atoms with van der Waals surface area (Å²) in [5.41, 5.74) is 12.8. The molecular formula is C34H28F4N10O6. The molecule has 0 fully saturated rings. The van der Waals surface area contributed by atoms with Crippen LogP contribution in [0.1, 0.15) is 41.4 Å². The summed E-state index contributed by atoms with van der Waals surface area (Å²) in [5.74, 6) is 1.31. The summed E-state index contributed by atoms with van der Waals surface area (Å²) in [4.78, 5) is 59.3. The van der Waals surface area contributed by atoms with Gasteiger partial charge in [0.2, 0.25) is 0 Å². The van der Waals surface area contributed by atoms with E-state index in [0.29, 0.717) is 12.1 Å². The molecule has 0 aliphatic heterocycles. The van der Waals surface area contributed by atoms with E-state index in [1.807, 2.05) is 10.9 Å². The highest BCUT2D eigenvalue weighted by atomic mass is 19.1. The molecule has 6 rings (SSSR count). The maximum atomic E-state index is 15.8. The number of ether oxygens (including phenoxy) is 2. The lowest BCUT2D eigenvalue weighted by molar-refractivity contribution is 0.0945. The maximum Gasteiger partial charge on any atom is 0.266 e. The molecule has 2 heterocycles. The number of benzene rings is 4. The standard InChI is InChI=1S/C34H28F4N10O6/c1-53-27-15(29(39)49)3-5-21-25(27)43-31(23-17(33(51)45-41)9-13(35)11-19(23)37)47(21)7-8-48-22-6-4-16(30(40)50)28(54-2)26(22)44-32(48)24-18(34(52)46-42)10-14(36)12-20(24)38/h3-6,9-12H,7-8,41-42H2,1-2H3,(H2,39,49)(H2,40,50)(H,45,51)(H,46,52). The number of nitrogen functional groups attached to an aromatic ring is 2. The Morgan fingerprint density at radius 2 is 1.00 bits per heavy atom. The molecule has 0 bridgehead atoms. The number of nitrogens with one attached hydrogen (secondary N) is 2. The fourth-order valence-corrected chi connectivity index (χ4v) is 6.29. The van der Waals surface area contributed by atoms with Crippen LogP contribution in [-0.2, 0) is 13.1 Å². The van der Waals surface area contributed by atoms with Crippen molar-refractivity contribution in [2.45, 2.75) is 13.1 Å². The largest absolute Gasteiger partial charge is 0.494 e. The van der Waals surface area contributed by atoms with Crippen LogP contribution < -0.4 is 43.5 Å². The Morgan fingerprint density at radius 1 is 0.630 bits per heavy atom. The second-order valence-electron chi connectivity index (χ2n) is 11.5. The van der Waals surface area contributed by atoms with Gasteiger partial charge in [-0.05, 0) is 36.4 Å². The lowest BCUT2D eigenvalue weighted by Crippen LogP contribution is -2.31. The Kier molecular flexibility index (Phi) is 9.63. The van der Waals surface area contributed by atoms with Crippen molar-refractivity contribution in [3.05, 3.63) is 94.1 Å². The van der Waals surface area contributed by atoms with Crippen molar-refractivity contribution in [3.8, 4) is 34.3 Å². The summed E-state index contributed by atoms with van der Waals surface area (Å²) in [6.07, 6.45) is 0. The van der Waals surface area contributed by atoms with Crippen molar-refractivity contribution in [1.29, 1.82) is 0 Å². The Bertz CT molecular complexity index is 2400. The molecule has 0 aliphatic rings. The highest BCUT2D eigenvalue weighted by Crippen LogP contribution is 2.38. The fourth-order valence-electron chi connectivity index (χ4n) is 6.29. The second-order valence-corrected chi connectivity index (χ2v) is 11.5. The third kappa shape index (κ3) is 6.03. The summed E-state index contributed by atoms with van der Waals surface area (Å²) in [6.45, 7) is -0.518. The Balaban J connectivity index is 1.67. The third-order valence-corrected chi connectivity index (χ3v) is 8.54. The van der Waals surface area contributed by atoms with Crippen molar-refractivity contribution in [2.24, 2.45) is 23.2 Å². The molecule has 54 heavy (non-hydrogen) atoms. The smallest absolute Gasteiger partial charge is 0.266 e. The van der Waals surface area contributed by atoms with Crippen LogP contribution in [0.2, 0.25) is 0 Å². The van der Waals surface area contributed by atoms with E-state index in [1.165, 1.54) is 47.6 Å². The van der Waals surface area contributed by atoms with Crippen LogP contribution >= 0.6 is 0 Å². The van der Waals surface area contributed by atoms with Crippen LogP contribution in [0.4, 0.5) is 17.6 Å². The van der Waals surface area contributed by atoms with Crippen molar-refractivity contribution in [3.63, 3.8) is 0 Å². The summed E-state index contributed by atoms with van der Waals surface area (Å²) < 4.78 is 74.3. The topological polar surface area (TPSA) is 251 Å². The Labute approximate surface area is 300 Å². The Morgan fingerprint density at radius 3 is 1.31 bits per heavy atom. The molecule has 10 N–H and O–H groups in total. The van der Waals surface area contributed by atoms with E-state index in [-0.39, 0.29) is 69.4 Å². The van der Waals surface area contributed by atoms with Gasteiger partial charge in [-0.25, -0.2) is 39.2 Å². The zero-order chi connectivity index (χ0) is 39.2. The van der Waals surface area contributed by atoms with E-state index in [9.17, 15) is 28.0 Å². The molecule has 0 aliphatic carbocycles. The summed E-state index contributed by atoms with van der Waals surface area (Å²) in [6, 6.07) is 7.98. The quantitative estimate of drug-likeness (QED) is 0.0489. The van der Waals surface area contributed by atoms with E-state index in [0.717, 1.165) is 12.1 Å². The Hall–Kier alpha value is -7.06. The zero-order valence-corrected chi connectivity index (χ0v) is 28.1. The fraction of sp³-hybridized carbons (Fsp3) is 0.118. The van der Waals surface area contributed by atoms with Gasteiger partial charge >= 0.3 is 0 Å². The number of hydrogen-bond acceptors (Lipinski definition) is 10. The van der Waals surface area contributed by atoms with Crippen molar-refractivity contribution in [1.82, 2.24) is 30.0 Å². The molecule has 0 unspecified atom stereocenters. The molecule has 4 aromatic carbocycles. The number of aryl methyl sites for hydroxylation is 2. The number of nitrogens with two attached hydrogens (primary N) is 4. The first-order valence-electron chi connectivity index (χ1n) is 15.5. The number of hydrogen-bond donors (Lipinski definition) is 6. The number of imidazole rings is 2. The van der Waals surface area contributed by atoms with Gasteiger partial charge in [-0.1, -0.05) is 0 Å². The van der Waals surface area contributed by atoms with Crippen molar-refractivity contribution >= 4 is 45.7 Å². The van der Waals surface area contributed by atoms with E-state index in [1.54, 1.807) is 0 Å².